The number of H-pyrrole nitrogens is 1. The molecule has 0 saturated heterocycles. The summed E-state index contributed by atoms with van der Waals surface area (Å²) in [5.74, 6) is -0.480. The molecule has 25 heavy (non-hydrogen) atoms. The average Bonchev–Trinajstić information content (AvgIpc) is 2.82. The highest BCUT2D eigenvalue weighted by molar-refractivity contribution is 7.71. The maximum absolute atomic E-state index is 12.3. The number of hydrogen-bond acceptors (Lipinski definition) is 5. The van der Waals surface area contributed by atoms with Crippen LogP contribution in [0.2, 0.25) is 0 Å². The smallest absolute Gasteiger partial charge is 0.277 e. The fourth-order valence-electron chi connectivity index (χ4n) is 2.54. The van der Waals surface area contributed by atoms with E-state index in [2.05, 4.69) is 9.98 Å². The predicted molar refractivity (Wildman–Crippen MR) is 93.4 cm³/mol. The van der Waals surface area contributed by atoms with Crippen LogP contribution in [-0.4, -0.2) is 33.1 Å². The molecule has 0 aliphatic carbocycles. The molecule has 1 aliphatic rings. The van der Waals surface area contributed by atoms with Gasteiger partial charge in [-0.3, -0.25) is 14.2 Å². The minimum absolute atomic E-state index is 0.0519. The molecule has 0 bridgehead atoms. The highest BCUT2D eigenvalue weighted by Gasteiger charge is 2.17. The standard InChI is InChI=1S/C17H15N3O4S/c1-3-24-12-4-5-13-10(7-12)6-11(15(22)18-13)8-14-16(23)19-17(25)20(14)9(2)21/h4-8,23H,3H2,1-2H3,(H,19,25). The molecule has 0 radical (unpaired) electrons. The SMILES string of the molecule is CCOc1ccc2c(c1)=CC(=Cc1c(O)[nH]c(=S)n1C(C)=O)C(=O)N=2. The molecular formula is C17H15N3O4S. The second-order valence-corrected chi connectivity index (χ2v) is 5.72. The number of nitrogens with zero attached hydrogens (tertiary/aromatic N) is 2. The van der Waals surface area contributed by atoms with Crippen LogP contribution in [0, 0.1) is 4.77 Å². The summed E-state index contributed by atoms with van der Waals surface area (Å²) in [6, 6.07) is 5.22. The molecule has 0 unspecified atom stereocenters. The number of aromatic hydroxyl groups is 1. The number of benzene rings is 1. The molecule has 2 N–H and O–H groups in total. The summed E-state index contributed by atoms with van der Waals surface area (Å²) in [5, 5.41) is 11.2. The van der Waals surface area contributed by atoms with Crippen LogP contribution in [0.15, 0.2) is 28.8 Å². The van der Waals surface area contributed by atoms with Crippen LogP contribution in [-0.2, 0) is 4.79 Å². The Bertz CT molecular complexity index is 1090. The number of nitrogens with one attached hydrogen (secondary N) is 1. The highest BCUT2D eigenvalue weighted by atomic mass is 32.1. The number of amides is 1. The van der Waals surface area contributed by atoms with E-state index >= 15 is 0 Å². The van der Waals surface area contributed by atoms with E-state index in [0.29, 0.717) is 22.9 Å². The second-order valence-electron chi connectivity index (χ2n) is 5.33. The van der Waals surface area contributed by atoms with Crippen LogP contribution in [0.25, 0.3) is 12.2 Å². The molecule has 1 aromatic carbocycles. The fourth-order valence-corrected chi connectivity index (χ4v) is 2.87. The Hall–Kier alpha value is -3.00. The number of fused-ring (bicyclic) bond motifs is 1. The van der Waals surface area contributed by atoms with Crippen molar-refractivity contribution in [2.45, 2.75) is 13.8 Å². The van der Waals surface area contributed by atoms with E-state index < -0.39 is 5.91 Å². The number of carbonyl (C=O) groups excluding carboxylic acids is 2. The second kappa shape index (κ2) is 6.48. The number of carbonyl (C=O) groups is 2. The van der Waals surface area contributed by atoms with Gasteiger partial charge in [0.1, 0.15) is 11.4 Å². The van der Waals surface area contributed by atoms with Crippen LogP contribution in [0.3, 0.4) is 0 Å². The number of hydrogen-bond donors (Lipinski definition) is 2. The first kappa shape index (κ1) is 16.8. The number of rotatable bonds is 3. The summed E-state index contributed by atoms with van der Waals surface area (Å²) in [7, 11) is 0. The van der Waals surface area contributed by atoms with Crippen molar-refractivity contribution in [2.75, 3.05) is 6.61 Å². The molecule has 0 spiro atoms. The summed E-state index contributed by atoms with van der Waals surface area (Å²) < 4.78 is 6.62. The molecule has 2 aromatic rings. The Morgan fingerprint density at radius 2 is 2.24 bits per heavy atom. The minimum Gasteiger partial charge on any atom is -0.494 e. The Kier molecular flexibility index (Phi) is 4.37. The quantitative estimate of drug-likeness (QED) is 0.638. The Morgan fingerprint density at radius 1 is 1.48 bits per heavy atom. The van der Waals surface area contributed by atoms with Crippen LogP contribution in [0.4, 0.5) is 0 Å². The van der Waals surface area contributed by atoms with Gasteiger partial charge in [-0.25, -0.2) is 4.99 Å². The van der Waals surface area contributed by atoms with Crippen molar-refractivity contribution in [1.82, 2.24) is 9.55 Å². The van der Waals surface area contributed by atoms with Crippen LogP contribution in [0.1, 0.15) is 24.3 Å². The van der Waals surface area contributed by atoms with Crippen molar-refractivity contribution < 1.29 is 19.4 Å². The lowest BCUT2D eigenvalue weighted by Crippen LogP contribution is -2.30. The molecule has 0 saturated carbocycles. The lowest BCUT2D eigenvalue weighted by Gasteiger charge is -2.07. The lowest BCUT2D eigenvalue weighted by molar-refractivity contribution is -0.114. The van der Waals surface area contributed by atoms with Gasteiger partial charge in [0, 0.05) is 17.7 Å². The van der Waals surface area contributed by atoms with Gasteiger partial charge >= 0.3 is 0 Å². The maximum atomic E-state index is 12.3. The van der Waals surface area contributed by atoms with Gasteiger partial charge in [-0.1, -0.05) is 0 Å². The first-order valence-electron chi connectivity index (χ1n) is 7.55. The van der Waals surface area contributed by atoms with Gasteiger partial charge < -0.3 is 14.8 Å². The van der Waals surface area contributed by atoms with E-state index in [9.17, 15) is 14.7 Å². The fraction of sp³-hybridized carbons (Fsp3) is 0.176. The molecule has 7 nitrogen and oxygen atoms in total. The Morgan fingerprint density at radius 3 is 2.92 bits per heavy atom. The van der Waals surface area contributed by atoms with Crippen molar-refractivity contribution in [3.8, 4) is 11.6 Å². The molecule has 0 atom stereocenters. The average molecular weight is 357 g/mol. The number of aromatic nitrogens is 2. The topological polar surface area (TPSA) is 96.7 Å². The van der Waals surface area contributed by atoms with Crippen LogP contribution in [0.5, 0.6) is 11.6 Å². The monoisotopic (exact) mass is 357 g/mol. The number of aromatic amines is 1. The minimum atomic E-state index is -0.474. The third kappa shape index (κ3) is 3.16. The Balaban J connectivity index is 2.18. The van der Waals surface area contributed by atoms with Gasteiger partial charge in [0.15, 0.2) is 4.77 Å². The van der Waals surface area contributed by atoms with Crippen molar-refractivity contribution >= 4 is 36.2 Å². The van der Waals surface area contributed by atoms with Crippen molar-refractivity contribution in [1.29, 1.82) is 0 Å². The number of ether oxygens (including phenoxy) is 1. The normalized spacial score (nSPS) is 14.6. The largest absolute Gasteiger partial charge is 0.494 e. The van der Waals surface area contributed by atoms with Crippen molar-refractivity contribution in [3.05, 3.63) is 44.8 Å². The summed E-state index contributed by atoms with van der Waals surface area (Å²) in [5.41, 5.74) is 0.331. The highest BCUT2D eigenvalue weighted by Crippen LogP contribution is 2.21. The third-order valence-corrected chi connectivity index (χ3v) is 3.89. The summed E-state index contributed by atoms with van der Waals surface area (Å²) in [4.78, 5) is 30.5. The van der Waals surface area contributed by atoms with Gasteiger partial charge in [0.05, 0.1) is 12.0 Å². The van der Waals surface area contributed by atoms with E-state index in [1.54, 1.807) is 24.3 Å². The van der Waals surface area contributed by atoms with E-state index in [1.807, 2.05) is 6.92 Å². The predicted octanol–water partition coefficient (Wildman–Crippen LogP) is 1.33. The van der Waals surface area contributed by atoms with Gasteiger partial charge in [-0.05, 0) is 49.5 Å². The molecule has 2 heterocycles. The van der Waals surface area contributed by atoms with E-state index in [0.717, 1.165) is 4.57 Å². The zero-order valence-corrected chi connectivity index (χ0v) is 14.4. The maximum Gasteiger partial charge on any atom is 0.277 e. The van der Waals surface area contributed by atoms with Gasteiger partial charge in [0.2, 0.25) is 11.8 Å². The summed E-state index contributed by atoms with van der Waals surface area (Å²) in [6.07, 6.45) is 3.01. The first-order valence-corrected chi connectivity index (χ1v) is 7.95. The Labute approximate surface area is 147 Å². The van der Waals surface area contributed by atoms with Crippen LogP contribution >= 0.6 is 12.2 Å². The van der Waals surface area contributed by atoms with Crippen LogP contribution < -0.4 is 15.3 Å². The molecule has 3 rings (SSSR count). The lowest BCUT2D eigenvalue weighted by atomic mass is 10.1. The first-order chi connectivity index (χ1) is 11.9. The molecule has 128 valence electrons. The molecule has 1 aliphatic heterocycles. The van der Waals surface area contributed by atoms with Crippen molar-refractivity contribution in [3.63, 3.8) is 0 Å². The zero-order chi connectivity index (χ0) is 18.1. The van der Waals surface area contributed by atoms with Gasteiger partial charge in [-0.15, -0.1) is 0 Å². The molecule has 8 heteroatoms. The van der Waals surface area contributed by atoms with Gasteiger partial charge in [-0.2, -0.15) is 0 Å². The van der Waals surface area contributed by atoms with E-state index in [1.165, 1.54) is 13.0 Å². The van der Waals surface area contributed by atoms with E-state index in [4.69, 9.17) is 17.0 Å². The van der Waals surface area contributed by atoms with E-state index in [-0.39, 0.29) is 27.8 Å². The zero-order valence-electron chi connectivity index (χ0n) is 13.6. The number of imidazole rings is 1. The summed E-state index contributed by atoms with van der Waals surface area (Å²) in [6.45, 7) is 3.71. The molecule has 1 amide bonds. The third-order valence-electron chi connectivity index (χ3n) is 3.61. The molecule has 0 fully saturated rings. The molecular weight excluding hydrogens is 342 g/mol. The molecule has 1 aromatic heterocycles. The van der Waals surface area contributed by atoms with Gasteiger partial charge in [0.25, 0.3) is 5.91 Å². The van der Waals surface area contributed by atoms with Crippen molar-refractivity contribution in [2.24, 2.45) is 4.99 Å². The summed E-state index contributed by atoms with van der Waals surface area (Å²) >= 11 is 5.01.